The minimum atomic E-state index is -0.508. The third-order valence-electron chi connectivity index (χ3n) is 5.51. The second kappa shape index (κ2) is 9.83. The van der Waals surface area contributed by atoms with Gasteiger partial charge >= 0.3 is 0 Å². The van der Waals surface area contributed by atoms with Gasteiger partial charge in [-0.25, -0.2) is 9.37 Å². The molecular formula is C24H27FN6O2. The number of carbonyl (C=O) groups is 1. The maximum atomic E-state index is 14.5. The van der Waals surface area contributed by atoms with E-state index in [1.807, 2.05) is 13.0 Å². The van der Waals surface area contributed by atoms with E-state index in [4.69, 9.17) is 16.2 Å². The molecular weight excluding hydrogens is 423 g/mol. The van der Waals surface area contributed by atoms with Crippen LogP contribution in [0.25, 0.3) is 11.3 Å². The third-order valence-corrected chi connectivity index (χ3v) is 5.51. The number of pyridine rings is 2. The SMILES string of the molecule is CCOc1ccc(F)c(-c2ccc(N)c(C(=O)Nc3cnccc3N3CCCC(N)C3)n2)c1. The van der Waals surface area contributed by atoms with Crippen molar-refractivity contribution in [2.45, 2.75) is 25.8 Å². The molecule has 1 aromatic carbocycles. The molecule has 1 atom stereocenters. The zero-order valence-electron chi connectivity index (χ0n) is 18.4. The molecule has 9 heteroatoms. The van der Waals surface area contributed by atoms with Gasteiger partial charge in [-0.1, -0.05) is 0 Å². The molecule has 0 spiro atoms. The van der Waals surface area contributed by atoms with Gasteiger partial charge < -0.3 is 26.4 Å². The molecule has 0 saturated carbocycles. The Bertz CT molecular complexity index is 1160. The summed E-state index contributed by atoms with van der Waals surface area (Å²) in [4.78, 5) is 23.8. The molecule has 1 aliphatic heterocycles. The Labute approximate surface area is 191 Å². The highest BCUT2D eigenvalue weighted by Gasteiger charge is 2.22. The third kappa shape index (κ3) is 5.04. The van der Waals surface area contributed by atoms with Crippen LogP contribution < -0.4 is 26.4 Å². The minimum absolute atomic E-state index is 0.00105. The zero-order valence-corrected chi connectivity index (χ0v) is 18.4. The van der Waals surface area contributed by atoms with E-state index < -0.39 is 11.7 Å². The summed E-state index contributed by atoms with van der Waals surface area (Å²) < 4.78 is 20.0. The van der Waals surface area contributed by atoms with Crippen LogP contribution in [-0.2, 0) is 0 Å². The normalized spacial score (nSPS) is 15.8. The van der Waals surface area contributed by atoms with E-state index in [0.717, 1.165) is 25.1 Å². The van der Waals surface area contributed by atoms with Gasteiger partial charge in [0.15, 0.2) is 5.69 Å². The molecule has 1 aliphatic rings. The van der Waals surface area contributed by atoms with Gasteiger partial charge in [0.25, 0.3) is 5.91 Å². The Kier molecular flexibility index (Phi) is 6.69. The molecule has 1 unspecified atom stereocenters. The Morgan fingerprint density at radius 3 is 2.94 bits per heavy atom. The molecule has 0 radical (unpaired) electrons. The smallest absolute Gasteiger partial charge is 0.276 e. The first-order chi connectivity index (χ1) is 16.0. The molecule has 5 N–H and O–H groups in total. The lowest BCUT2D eigenvalue weighted by Crippen LogP contribution is -2.43. The van der Waals surface area contributed by atoms with Crippen molar-refractivity contribution in [3.05, 3.63) is 60.3 Å². The molecule has 0 aliphatic carbocycles. The number of nitrogens with two attached hydrogens (primary N) is 2. The number of anilines is 3. The zero-order chi connectivity index (χ0) is 23.4. The van der Waals surface area contributed by atoms with E-state index in [1.54, 1.807) is 30.6 Å². The molecule has 8 nitrogen and oxygen atoms in total. The number of benzene rings is 1. The second-order valence-electron chi connectivity index (χ2n) is 7.90. The maximum Gasteiger partial charge on any atom is 0.276 e. The number of ether oxygens (including phenoxy) is 1. The quantitative estimate of drug-likeness (QED) is 0.526. The van der Waals surface area contributed by atoms with Crippen LogP contribution in [0.1, 0.15) is 30.3 Å². The van der Waals surface area contributed by atoms with Crippen molar-refractivity contribution in [2.24, 2.45) is 5.73 Å². The summed E-state index contributed by atoms with van der Waals surface area (Å²) in [5, 5.41) is 2.86. The number of amides is 1. The van der Waals surface area contributed by atoms with Gasteiger partial charge in [0.2, 0.25) is 0 Å². The Balaban J connectivity index is 1.63. The monoisotopic (exact) mass is 450 g/mol. The summed E-state index contributed by atoms with van der Waals surface area (Å²) in [6.07, 6.45) is 5.20. The van der Waals surface area contributed by atoms with Gasteiger partial charge in [-0.15, -0.1) is 0 Å². The summed E-state index contributed by atoms with van der Waals surface area (Å²) in [5.74, 6) is -0.470. The van der Waals surface area contributed by atoms with E-state index in [2.05, 4.69) is 20.2 Å². The van der Waals surface area contributed by atoms with E-state index >= 15 is 0 Å². The van der Waals surface area contributed by atoms with Crippen LogP contribution in [-0.4, -0.2) is 41.6 Å². The summed E-state index contributed by atoms with van der Waals surface area (Å²) in [5.41, 5.74) is 14.2. The van der Waals surface area contributed by atoms with Crippen molar-refractivity contribution >= 4 is 23.0 Å². The molecule has 172 valence electrons. The lowest BCUT2D eigenvalue weighted by molar-refractivity contribution is 0.102. The van der Waals surface area contributed by atoms with Crippen LogP contribution in [0.2, 0.25) is 0 Å². The van der Waals surface area contributed by atoms with Crippen molar-refractivity contribution in [3.8, 4) is 17.0 Å². The maximum absolute atomic E-state index is 14.5. The second-order valence-corrected chi connectivity index (χ2v) is 7.90. The topological polar surface area (TPSA) is 119 Å². The van der Waals surface area contributed by atoms with Crippen LogP contribution in [0.5, 0.6) is 5.75 Å². The number of rotatable bonds is 6. The van der Waals surface area contributed by atoms with Gasteiger partial charge in [0.1, 0.15) is 11.6 Å². The predicted molar refractivity (Wildman–Crippen MR) is 127 cm³/mol. The number of halogens is 1. The van der Waals surface area contributed by atoms with E-state index in [1.165, 1.54) is 12.1 Å². The highest BCUT2D eigenvalue weighted by Crippen LogP contribution is 2.30. The molecule has 1 fully saturated rings. The Morgan fingerprint density at radius 1 is 1.30 bits per heavy atom. The fourth-order valence-electron chi connectivity index (χ4n) is 3.93. The number of hydrogen-bond acceptors (Lipinski definition) is 7. The lowest BCUT2D eigenvalue weighted by Gasteiger charge is -2.33. The van der Waals surface area contributed by atoms with E-state index in [-0.39, 0.29) is 28.7 Å². The first kappa shape index (κ1) is 22.5. The highest BCUT2D eigenvalue weighted by molar-refractivity contribution is 6.07. The largest absolute Gasteiger partial charge is 0.494 e. The van der Waals surface area contributed by atoms with Gasteiger partial charge in [-0.3, -0.25) is 9.78 Å². The number of nitrogens with zero attached hydrogens (tertiary/aromatic N) is 3. The standard InChI is InChI=1S/C24H27FN6O2/c1-2-33-16-5-6-18(25)17(12-16)20-8-7-19(27)23(29-20)24(32)30-21-13-28-10-9-22(21)31-11-3-4-15(26)14-31/h5-10,12-13,15H,2-4,11,14,26-27H2,1H3,(H,30,32). The summed E-state index contributed by atoms with van der Waals surface area (Å²) >= 11 is 0. The van der Waals surface area contributed by atoms with Gasteiger partial charge in [-0.05, 0) is 56.2 Å². The molecule has 4 rings (SSSR count). The number of aromatic nitrogens is 2. The van der Waals surface area contributed by atoms with Crippen LogP contribution in [0.3, 0.4) is 0 Å². The minimum Gasteiger partial charge on any atom is -0.494 e. The first-order valence-electron chi connectivity index (χ1n) is 10.9. The van der Waals surface area contributed by atoms with Crippen molar-refractivity contribution in [1.82, 2.24) is 9.97 Å². The van der Waals surface area contributed by atoms with Crippen LogP contribution >= 0.6 is 0 Å². The molecule has 0 bridgehead atoms. The van der Waals surface area contributed by atoms with Crippen molar-refractivity contribution in [3.63, 3.8) is 0 Å². The lowest BCUT2D eigenvalue weighted by atomic mass is 10.1. The number of hydrogen-bond donors (Lipinski definition) is 3. The number of nitrogens with one attached hydrogen (secondary N) is 1. The molecule has 1 amide bonds. The predicted octanol–water partition coefficient (Wildman–Crippen LogP) is 3.44. The summed E-state index contributed by atoms with van der Waals surface area (Å²) in [6, 6.07) is 9.44. The highest BCUT2D eigenvalue weighted by atomic mass is 19.1. The molecule has 33 heavy (non-hydrogen) atoms. The molecule has 3 heterocycles. The number of carbonyl (C=O) groups excluding carboxylic acids is 1. The van der Waals surface area contributed by atoms with E-state index in [0.29, 0.717) is 24.6 Å². The van der Waals surface area contributed by atoms with Crippen LogP contribution in [0.4, 0.5) is 21.5 Å². The fraction of sp³-hybridized carbons (Fsp3) is 0.292. The Hall–Kier alpha value is -3.72. The van der Waals surface area contributed by atoms with E-state index in [9.17, 15) is 9.18 Å². The average molecular weight is 451 g/mol. The van der Waals surface area contributed by atoms with Gasteiger partial charge in [0.05, 0.1) is 35.6 Å². The number of piperidine rings is 1. The summed E-state index contributed by atoms with van der Waals surface area (Å²) in [6.45, 7) is 3.82. The summed E-state index contributed by atoms with van der Waals surface area (Å²) in [7, 11) is 0. The van der Waals surface area contributed by atoms with Crippen LogP contribution in [0.15, 0.2) is 48.8 Å². The molecule has 3 aromatic rings. The van der Waals surface area contributed by atoms with Crippen molar-refractivity contribution in [1.29, 1.82) is 0 Å². The fourth-order valence-corrected chi connectivity index (χ4v) is 3.93. The first-order valence-corrected chi connectivity index (χ1v) is 10.9. The van der Waals surface area contributed by atoms with Gasteiger partial charge in [-0.2, -0.15) is 0 Å². The Morgan fingerprint density at radius 2 is 2.15 bits per heavy atom. The average Bonchev–Trinajstić information content (AvgIpc) is 2.81. The molecule has 2 aromatic heterocycles. The molecule has 1 saturated heterocycles. The number of nitrogen functional groups attached to an aromatic ring is 1. The van der Waals surface area contributed by atoms with Crippen molar-refractivity contribution < 1.29 is 13.9 Å². The van der Waals surface area contributed by atoms with Crippen LogP contribution in [0, 0.1) is 5.82 Å². The van der Waals surface area contributed by atoms with Crippen molar-refractivity contribution in [2.75, 3.05) is 35.6 Å². The van der Waals surface area contributed by atoms with Gasteiger partial charge in [0, 0.05) is 30.9 Å².